The van der Waals surface area contributed by atoms with Gasteiger partial charge in [0.2, 0.25) is 0 Å². The summed E-state index contributed by atoms with van der Waals surface area (Å²) in [5.74, 6) is 1.16. The van der Waals surface area contributed by atoms with Gasteiger partial charge in [-0.15, -0.1) is 0 Å². The number of nitriles is 3. The van der Waals surface area contributed by atoms with Gasteiger partial charge in [0.1, 0.15) is 41.2 Å². The fourth-order valence-corrected chi connectivity index (χ4v) is 2.03. The molecule has 9 nitrogen and oxygen atoms in total. The molecule has 0 aromatic heterocycles. The maximum Gasteiger partial charge on any atom is 0.275 e. The predicted octanol–water partition coefficient (Wildman–Crippen LogP) is 3.63. The Morgan fingerprint density at radius 3 is 2.15 bits per heavy atom. The maximum absolute atomic E-state index is 11.2. The van der Waals surface area contributed by atoms with E-state index < -0.39 is 10.5 Å². The van der Waals surface area contributed by atoms with Crippen molar-refractivity contribution in [2.24, 2.45) is 0 Å². The highest BCUT2D eigenvalue weighted by atomic mass is 16.6. The van der Waals surface area contributed by atoms with Gasteiger partial charge in [-0.3, -0.25) is 10.1 Å². The zero-order chi connectivity index (χ0) is 19.8. The first kappa shape index (κ1) is 18.8. The Labute approximate surface area is 154 Å². The molecule has 2 aromatic rings. The first-order valence-electron chi connectivity index (χ1n) is 7.33. The normalized spacial score (nSPS) is 9.11. The summed E-state index contributed by atoms with van der Waals surface area (Å²) in [4.78, 5) is 10.5. The summed E-state index contributed by atoms with van der Waals surface area (Å²) >= 11 is 0. The number of nitrogens with one attached hydrogen (secondary N) is 1. The lowest BCUT2D eigenvalue weighted by Crippen LogP contribution is -2.02. The quantitative estimate of drug-likeness (QED) is 0.466. The van der Waals surface area contributed by atoms with Crippen LogP contribution in [0, 0.1) is 44.1 Å². The van der Waals surface area contributed by atoms with E-state index in [1.54, 1.807) is 42.5 Å². The van der Waals surface area contributed by atoms with Crippen molar-refractivity contribution in [1.29, 1.82) is 15.8 Å². The Hall–Kier alpha value is -4.55. The monoisotopic (exact) mass is 361 g/mol. The van der Waals surface area contributed by atoms with Gasteiger partial charge in [-0.05, 0) is 24.3 Å². The van der Waals surface area contributed by atoms with Crippen LogP contribution in [-0.4, -0.2) is 12.0 Å². The molecule has 0 aliphatic heterocycles. The highest BCUT2D eigenvalue weighted by Gasteiger charge is 2.14. The average molecular weight is 361 g/mol. The van der Waals surface area contributed by atoms with Crippen LogP contribution in [-0.2, 0) is 0 Å². The van der Waals surface area contributed by atoms with E-state index in [1.165, 1.54) is 19.2 Å². The summed E-state index contributed by atoms with van der Waals surface area (Å²) in [6, 6.07) is 15.2. The molecule has 0 atom stereocenters. The third kappa shape index (κ3) is 4.72. The topological polar surface area (TPSA) is 145 Å². The molecule has 27 heavy (non-hydrogen) atoms. The van der Waals surface area contributed by atoms with Gasteiger partial charge < -0.3 is 14.8 Å². The van der Waals surface area contributed by atoms with E-state index in [9.17, 15) is 10.1 Å². The molecule has 0 radical (unpaired) electrons. The Morgan fingerprint density at radius 1 is 1.00 bits per heavy atom. The van der Waals surface area contributed by atoms with Gasteiger partial charge in [0.15, 0.2) is 5.57 Å². The van der Waals surface area contributed by atoms with Crippen molar-refractivity contribution in [2.75, 3.05) is 12.4 Å². The summed E-state index contributed by atoms with van der Waals surface area (Å²) in [5.41, 5.74) is -0.943. The van der Waals surface area contributed by atoms with E-state index >= 15 is 0 Å². The second kappa shape index (κ2) is 8.52. The number of nitrogens with zero attached hydrogens (tertiary/aromatic N) is 4. The van der Waals surface area contributed by atoms with Crippen molar-refractivity contribution in [3.8, 4) is 35.5 Å². The highest BCUT2D eigenvalue weighted by molar-refractivity contribution is 5.63. The second-order valence-electron chi connectivity index (χ2n) is 4.96. The van der Waals surface area contributed by atoms with Crippen molar-refractivity contribution >= 4 is 11.4 Å². The third-order valence-corrected chi connectivity index (χ3v) is 3.25. The molecule has 0 fully saturated rings. The molecule has 0 aliphatic rings. The number of hydrogen-bond donors (Lipinski definition) is 1. The van der Waals surface area contributed by atoms with Crippen LogP contribution in [0.2, 0.25) is 0 Å². The van der Waals surface area contributed by atoms with Crippen LogP contribution < -0.4 is 14.8 Å². The molecule has 0 saturated heterocycles. The van der Waals surface area contributed by atoms with Gasteiger partial charge in [-0.2, -0.15) is 15.8 Å². The Morgan fingerprint density at radius 2 is 1.63 bits per heavy atom. The number of allylic oxidation sites excluding steroid dienone is 2. The number of nitro groups is 1. The molecule has 0 bridgehead atoms. The van der Waals surface area contributed by atoms with Crippen LogP contribution >= 0.6 is 0 Å². The van der Waals surface area contributed by atoms with Gasteiger partial charge in [0, 0.05) is 17.8 Å². The maximum atomic E-state index is 11.2. The summed E-state index contributed by atoms with van der Waals surface area (Å²) < 4.78 is 10.7. The largest absolute Gasteiger partial charge is 0.497 e. The van der Waals surface area contributed by atoms with Crippen LogP contribution in [0.25, 0.3) is 0 Å². The molecule has 1 N–H and O–H groups in total. The van der Waals surface area contributed by atoms with Crippen molar-refractivity contribution in [3.05, 3.63) is 63.8 Å². The van der Waals surface area contributed by atoms with Crippen LogP contribution in [0.15, 0.2) is 53.7 Å². The van der Waals surface area contributed by atoms with Crippen molar-refractivity contribution in [2.45, 2.75) is 0 Å². The zero-order valence-corrected chi connectivity index (χ0v) is 14.0. The molecule has 0 unspecified atom stereocenters. The van der Waals surface area contributed by atoms with Gasteiger partial charge in [-0.25, -0.2) is 0 Å². The Kier molecular flexibility index (Phi) is 5.93. The number of anilines is 1. The second-order valence-corrected chi connectivity index (χ2v) is 4.96. The number of benzene rings is 2. The predicted molar refractivity (Wildman–Crippen MR) is 93.7 cm³/mol. The molecule has 9 heteroatoms. The minimum atomic E-state index is -0.628. The fourth-order valence-electron chi connectivity index (χ4n) is 2.03. The Balaban J connectivity index is 2.40. The standard InChI is InChI=1S/C18H11N5O4/c1-26-15-2-4-16(5-3-15)27-17-7-13(6-14(8-17)23(24)25)22-18(11-21)12(9-19)10-20/h2-8,22H,1H3. The number of ether oxygens (including phenoxy) is 2. The molecular formula is C18H11N5O4. The van der Waals surface area contributed by atoms with E-state index in [2.05, 4.69) is 5.32 Å². The SMILES string of the molecule is COc1ccc(Oc2cc(NC(C#N)=C(C#N)C#N)cc([N+](=O)[O-])c2)cc1. The van der Waals surface area contributed by atoms with E-state index in [0.29, 0.717) is 11.5 Å². The van der Waals surface area contributed by atoms with Gasteiger partial charge >= 0.3 is 0 Å². The molecule has 132 valence electrons. The first-order valence-corrected chi connectivity index (χ1v) is 7.33. The van der Waals surface area contributed by atoms with Gasteiger partial charge in [0.05, 0.1) is 18.1 Å². The fraction of sp³-hybridized carbons (Fsp3) is 0.0556. The van der Waals surface area contributed by atoms with Crippen molar-refractivity contribution in [1.82, 2.24) is 0 Å². The summed E-state index contributed by atoms with van der Waals surface area (Å²) in [6.45, 7) is 0. The van der Waals surface area contributed by atoms with E-state index in [4.69, 9.17) is 25.3 Å². The van der Waals surface area contributed by atoms with E-state index in [1.807, 2.05) is 0 Å². The van der Waals surface area contributed by atoms with Crippen LogP contribution in [0.4, 0.5) is 11.4 Å². The summed E-state index contributed by atoms with van der Waals surface area (Å²) in [5, 5.41) is 40.6. The zero-order valence-electron chi connectivity index (χ0n) is 14.0. The molecule has 0 aliphatic carbocycles. The van der Waals surface area contributed by atoms with Crippen molar-refractivity contribution < 1.29 is 14.4 Å². The lowest BCUT2D eigenvalue weighted by Gasteiger charge is -2.10. The molecule has 2 rings (SSSR count). The van der Waals surface area contributed by atoms with Crippen LogP contribution in [0.1, 0.15) is 0 Å². The molecule has 0 heterocycles. The van der Waals surface area contributed by atoms with Gasteiger partial charge in [-0.1, -0.05) is 0 Å². The van der Waals surface area contributed by atoms with Crippen molar-refractivity contribution in [3.63, 3.8) is 0 Å². The highest BCUT2D eigenvalue weighted by Crippen LogP contribution is 2.31. The average Bonchev–Trinajstić information content (AvgIpc) is 2.68. The molecule has 2 aromatic carbocycles. The number of non-ortho nitro benzene ring substituents is 1. The minimum absolute atomic E-state index is 0.118. The first-order chi connectivity index (χ1) is 13.0. The molecule has 0 saturated carbocycles. The van der Waals surface area contributed by atoms with Crippen LogP contribution in [0.3, 0.4) is 0 Å². The third-order valence-electron chi connectivity index (χ3n) is 3.25. The smallest absolute Gasteiger partial charge is 0.275 e. The summed E-state index contributed by atoms with van der Waals surface area (Å²) in [6.07, 6.45) is 0. The van der Waals surface area contributed by atoms with Crippen LogP contribution in [0.5, 0.6) is 17.2 Å². The number of hydrogen-bond acceptors (Lipinski definition) is 8. The van der Waals surface area contributed by atoms with Gasteiger partial charge in [0.25, 0.3) is 5.69 Å². The minimum Gasteiger partial charge on any atom is -0.497 e. The number of methoxy groups -OCH3 is 1. The van der Waals surface area contributed by atoms with E-state index in [-0.39, 0.29) is 22.8 Å². The lowest BCUT2D eigenvalue weighted by molar-refractivity contribution is -0.384. The molecular weight excluding hydrogens is 350 g/mol. The number of rotatable bonds is 6. The molecule has 0 amide bonds. The summed E-state index contributed by atoms with van der Waals surface area (Å²) in [7, 11) is 1.52. The number of nitro benzene ring substituents is 1. The van der Waals surface area contributed by atoms with E-state index in [0.717, 1.165) is 6.07 Å². The lowest BCUT2D eigenvalue weighted by atomic mass is 10.2. The molecule has 0 spiro atoms. The Bertz CT molecular complexity index is 1010.